The van der Waals surface area contributed by atoms with E-state index < -0.39 is 0 Å². The van der Waals surface area contributed by atoms with Gasteiger partial charge < -0.3 is 5.11 Å². The minimum atomic E-state index is -0.0190. The van der Waals surface area contributed by atoms with Gasteiger partial charge in [0.05, 0.1) is 5.69 Å². The first-order valence-corrected chi connectivity index (χ1v) is 8.04. The Morgan fingerprint density at radius 3 is 2.04 bits per heavy atom. The molecule has 0 atom stereocenters. The Kier molecular flexibility index (Phi) is 6.69. The zero-order valence-corrected chi connectivity index (χ0v) is 20.7. The van der Waals surface area contributed by atoms with Crippen LogP contribution in [-0.4, -0.2) is 9.97 Å². The van der Waals surface area contributed by atoms with Crippen LogP contribution in [0.3, 0.4) is 0 Å². The summed E-state index contributed by atoms with van der Waals surface area (Å²) in [4.78, 5) is 8.45. The van der Waals surface area contributed by atoms with Gasteiger partial charge in [-0.05, 0) is 52.1 Å². The van der Waals surface area contributed by atoms with Crippen LogP contribution in [0.5, 0.6) is 5.75 Å². The molecule has 0 aliphatic rings. The van der Waals surface area contributed by atoms with Gasteiger partial charge in [-0.25, -0.2) is 0 Å². The van der Waals surface area contributed by atoms with E-state index >= 15 is 0 Å². The third-order valence-corrected chi connectivity index (χ3v) is 4.13. The van der Waals surface area contributed by atoms with Crippen LogP contribution in [0.4, 0.5) is 0 Å². The molecule has 0 bridgehead atoms. The van der Waals surface area contributed by atoms with Crippen LogP contribution < -0.4 is 74.0 Å². The van der Waals surface area contributed by atoms with Crippen molar-refractivity contribution in [2.24, 2.45) is 0 Å². The molecule has 4 aromatic rings. The minimum absolute atomic E-state index is 0. The summed E-state index contributed by atoms with van der Waals surface area (Å²) in [6.45, 7) is 0. The average molecular weight is 456 g/mol. The molecule has 0 aliphatic carbocycles. The van der Waals surface area contributed by atoms with Crippen LogP contribution in [-0.2, 0) is 0 Å². The van der Waals surface area contributed by atoms with Crippen LogP contribution in [0.15, 0.2) is 91.4 Å². The summed E-state index contributed by atoms with van der Waals surface area (Å²) in [5.41, 5.74) is 5.57. The van der Waals surface area contributed by atoms with Crippen molar-refractivity contribution in [3.05, 3.63) is 91.4 Å². The molecule has 0 unspecified atom stereocenters. The second-order valence-corrected chi connectivity index (χ2v) is 5.74. The minimum Gasteiger partial charge on any atom is -0.872 e. The molecule has 26 heavy (non-hydrogen) atoms. The number of rotatable bonds is 3. The van der Waals surface area contributed by atoms with E-state index in [4.69, 9.17) is 0 Å². The summed E-state index contributed by atoms with van der Waals surface area (Å²) >= 11 is 0. The van der Waals surface area contributed by atoms with Crippen LogP contribution >= 0.6 is 0 Å². The molecule has 0 spiro atoms. The monoisotopic (exact) mass is 456 g/mol. The predicted octanol–water partition coefficient (Wildman–Crippen LogP) is 1.56. The number of nitrogens with zero attached hydrogens (tertiary/aromatic N) is 2. The predicted molar refractivity (Wildman–Crippen MR) is 97.8 cm³/mol. The maximum Gasteiger partial charge on any atom is 1.00 e. The summed E-state index contributed by atoms with van der Waals surface area (Å²) in [6.07, 6.45) is 5.31. The third kappa shape index (κ3) is 4.28. The Hall–Kier alpha value is -1.41. The van der Waals surface area contributed by atoms with Crippen molar-refractivity contribution >= 4 is 0 Å². The summed E-state index contributed by atoms with van der Waals surface area (Å²) in [7, 11) is 0. The quantitative estimate of drug-likeness (QED) is 0.470. The van der Waals surface area contributed by atoms with Gasteiger partial charge in [-0.1, -0.05) is 54.3 Å². The van der Waals surface area contributed by atoms with E-state index in [-0.39, 0.29) is 74.6 Å². The average Bonchev–Trinajstić information content (AvgIpc) is 2.70. The maximum absolute atomic E-state index is 12.2. The summed E-state index contributed by atoms with van der Waals surface area (Å²) in [5, 5.41) is 12.2. The van der Waals surface area contributed by atoms with Crippen LogP contribution in [0.2, 0.25) is 0 Å². The SMILES string of the molecule is [Cs+].[O-]c1ccc(-c2ccc(-c3cccnc3)cc2)cc1-c1ccccn1. The molecule has 4 rings (SSSR count). The number of aromatic nitrogens is 2. The molecule has 0 aliphatic heterocycles. The van der Waals surface area contributed by atoms with Gasteiger partial charge in [0, 0.05) is 18.6 Å². The van der Waals surface area contributed by atoms with E-state index in [2.05, 4.69) is 34.2 Å². The second kappa shape index (κ2) is 8.99. The van der Waals surface area contributed by atoms with Crippen molar-refractivity contribution in [1.82, 2.24) is 9.97 Å². The van der Waals surface area contributed by atoms with Gasteiger partial charge in [0.25, 0.3) is 0 Å². The van der Waals surface area contributed by atoms with Gasteiger partial charge in [-0.3, -0.25) is 9.97 Å². The Morgan fingerprint density at radius 1 is 0.654 bits per heavy atom. The van der Waals surface area contributed by atoms with Gasteiger partial charge in [0.2, 0.25) is 0 Å². The molecule has 120 valence electrons. The molecule has 2 aromatic carbocycles. The van der Waals surface area contributed by atoms with E-state index in [1.165, 1.54) is 0 Å². The van der Waals surface area contributed by atoms with Crippen molar-refractivity contribution in [2.75, 3.05) is 0 Å². The Bertz CT molecular complexity index is 988. The van der Waals surface area contributed by atoms with Crippen molar-refractivity contribution in [3.63, 3.8) is 0 Å². The zero-order valence-electron chi connectivity index (χ0n) is 14.5. The van der Waals surface area contributed by atoms with E-state index in [9.17, 15) is 5.11 Å². The standard InChI is InChI=1S/C22H16N2O.Cs/c25-22-11-10-18(14-20(22)21-5-1-2-13-24-21)16-6-8-17(9-7-16)19-4-3-12-23-15-19;/h1-15,25H;/q;+1/p-1. The van der Waals surface area contributed by atoms with Crippen molar-refractivity contribution < 1.29 is 74.0 Å². The topological polar surface area (TPSA) is 48.8 Å². The molecule has 2 heterocycles. The fraction of sp³-hybridized carbons (Fsp3) is 0. The summed E-state index contributed by atoms with van der Waals surface area (Å²) in [6, 6.07) is 23.2. The first-order chi connectivity index (χ1) is 12.3. The largest absolute Gasteiger partial charge is 1.00 e. The van der Waals surface area contributed by atoms with Crippen molar-refractivity contribution in [3.8, 4) is 39.3 Å². The Balaban J connectivity index is 0.00000196. The number of pyridine rings is 2. The second-order valence-electron chi connectivity index (χ2n) is 5.74. The van der Waals surface area contributed by atoms with E-state index in [0.717, 1.165) is 22.3 Å². The third-order valence-electron chi connectivity index (χ3n) is 4.13. The normalized spacial score (nSPS) is 10.2. The molecule has 0 amide bonds. The van der Waals surface area contributed by atoms with E-state index in [1.807, 2.05) is 48.7 Å². The summed E-state index contributed by atoms with van der Waals surface area (Å²) < 4.78 is 0. The molecular weight excluding hydrogens is 441 g/mol. The van der Waals surface area contributed by atoms with Gasteiger partial charge in [0.1, 0.15) is 0 Å². The van der Waals surface area contributed by atoms with Crippen LogP contribution in [0, 0.1) is 0 Å². The van der Waals surface area contributed by atoms with Gasteiger partial charge in [-0.2, -0.15) is 0 Å². The molecule has 0 fully saturated rings. The van der Waals surface area contributed by atoms with Crippen molar-refractivity contribution in [2.45, 2.75) is 0 Å². The molecule has 3 nitrogen and oxygen atoms in total. The maximum atomic E-state index is 12.2. The first-order valence-electron chi connectivity index (χ1n) is 8.04. The molecule has 0 saturated carbocycles. The molecule has 0 radical (unpaired) electrons. The van der Waals surface area contributed by atoms with E-state index in [1.54, 1.807) is 18.5 Å². The first kappa shape index (κ1) is 19.4. The van der Waals surface area contributed by atoms with E-state index in [0.29, 0.717) is 11.3 Å². The molecule has 2 aromatic heterocycles. The molecule has 0 N–H and O–H groups in total. The molecular formula is C22H15CsN2O. The summed E-state index contributed by atoms with van der Waals surface area (Å²) in [5.74, 6) is -0.0190. The van der Waals surface area contributed by atoms with Gasteiger partial charge in [0.15, 0.2) is 0 Å². The van der Waals surface area contributed by atoms with Crippen molar-refractivity contribution in [1.29, 1.82) is 0 Å². The zero-order chi connectivity index (χ0) is 17.1. The van der Waals surface area contributed by atoms with Gasteiger partial charge >= 0.3 is 68.9 Å². The van der Waals surface area contributed by atoms with Crippen LogP contribution in [0.25, 0.3) is 33.5 Å². The fourth-order valence-electron chi connectivity index (χ4n) is 2.82. The van der Waals surface area contributed by atoms with Gasteiger partial charge in [-0.15, -0.1) is 0 Å². The molecule has 0 saturated heterocycles. The Morgan fingerprint density at radius 2 is 1.38 bits per heavy atom. The fourth-order valence-corrected chi connectivity index (χ4v) is 2.82. The number of hydrogen-bond donors (Lipinski definition) is 0. The smallest absolute Gasteiger partial charge is 0.872 e. The van der Waals surface area contributed by atoms with Crippen LogP contribution in [0.1, 0.15) is 0 Å². The molecule has 4 heteroatoms. The Labute approximate surface area is 211 Å². The number of benzene rings is 2. The number of hydrogen-bond acceptors (Lipinski definition) is 3.